The molecule has 0 saturated heterocycles. The van der Waals surface area contributed by atoms with Crippen LogP contribution in [0.5, 0.6) is 5.75 Å². The van der Waals surface area contributed by atoms with Crippen LogP contribution >= 0.6 is 0 Å². The van der Waals surface area contributed by atoms with E-state index in [2.05, 4.69) is 0 Å². The molecule has 1 aliphatic rings. The van der Waals surface area contributed by atoms with Crippen molar-refractivity contribution in [1.29, 1.82) is 0 Å². The van der Waals surface area contributed by atoms with Gasteiger partial charge in [0.2, 0.25) is 0 Å². The average Bonchev–Trinajstić information content (AvgIpc) is 3.10. The fourth-order valence-electron chi connectivity index (χ4n) is 1.75. The molecule has 4 nitrogen and oxygen atoms in total. The van der Waals surface area contributed by atoms with Gasteiger partial charge in [-0.15, -0.1) is 0 Å². The normalized spacial score (nSPS) is 16.8. The Labute approximate surface area is 107 Å². The molecule has 0 aromatic heterocycles. The van der Waals surface area contributed by atoms with E-state index < -0.39 is 17.6 Å². The number of carbonyl (C=O) groups is 1. The van der Waals surface area contributed by atoms with Crippen LogP contribution in [0.25, 0.3) is 0 Å². The van der Waals surface area contributed by atoms with Gasteiger partial charge in [0.25, 0.3) is 5.91 Å². The molecule has 0 spiro atoms. The molecule has 0 radical (unpaired) electrons. The molecule has 1 fully saturated rings. The monoisotopic (exact) mass is 274 g/mol. The summed E-state index contributed by atoms with van der Waals surface area (Å²) >= 11 is 0. The number of methoxy groups -OCH3 is 1. The number of halogens is 3. The van der Waals surface area contributed by atoms with Gasteiger partial charge >= 0.3 is 6.18 Å². The number of nitrogens with one attached hydrogen (secondary N) is 1. The first kappa shape index (κ1) is 13.5. The molecule has 1 amide bonds. The number of amides is 1. The van der Waals surface area contributed by atoms with E-state index in [0.29, 0.717) is 5.75 Å². The van der Waals surface area contributed by atoms with Gasteiger partial charge in [0.15, 0.2) is 0 Å². The minimum absolute atomic E-state index is 0.0186. The number of nitrogen functional groups attached to an aromatic ring is 1. The molecule has 0 aliphatic heterocycles. The van der Waals surface area contributed by atoms with Gasteiger partial charge < -0.3 is 15.8 Å². The van der Waals surface area contributed by atoms with Crippen LogP contribution in [0.2, 0.25) is 0 Å². The zero-order valence-electron chi connectivity index (χ0n) is 10.2. The van der Waals surface area contributed by atoms with E-state index in [-0.39, 0.29) is 24.1 Å². The van der Waals surface area contributed by atoms with Crippen LogP contribution < -0.4 is 15.8 Å². The minimum Gasteiger partial charge on any atom is -0.497 e. The lowest BCUT2D eigenvalue weighted by Crippen LogP contribution is -2.48. The first-order valence-corrected chi connectivity index (χ1v) is 5.62. The molecule has 1 aromatic rings. The van der Waals surface area contributed by atoms with Crippen molar-refractivity contribution in [2.45, 2.75) is 24.6 Å². The molecule has 1 aromatic carbocycles. The second-order valence-corrected chi connectivity index (χ2v) is 4.49. The fraction of sp³-hybridized carbons (Fsp3) is 0.417. The molecular formula is C12H13F3N2O2. The molecule has 2 rings (SSSR count). The number of hydrogen-bond acceptors (Lipinski definition) is 3. The van der Waals surface area contributed by atoms with Gasteiger partial charge in [0.05, 0.1) is 12.7 Å². The predicted molar refractivity (Wildman–Crippen MR) is 62.9 cm³/mol. The van der Waals surface area contributed by atoms with Crippen LogP contribution in [0.4, 0.5) is 18.9 Å². The first-order chi connectivity index (χ1) is 8.79. The Balaban J connectivity index is 2.22. The second-order valence-electron chi connectivity index (χ2n) is 4.49. The number of rotatable bonds is 3. The van der Waals surface area contributed by atoms with E-state index in [4.69, 9.17) is 10.5 Å². The van der Waals surface area contributed by atoms with E-state index in [9.17, 15) is 18.0 Å². The van der Waals surface area contributed by atoms with Crippen molar-refractivity contribution in [2.75, 3.05) is 12.8 Å². The highest BCUT2D eigenvalue weighted by atomic mass is 19.4. The molecule has 0 heterocycles. The van der Waals surface area contributed by atoms with Gasteiger partial charge in [-0.05, 0) is 31.0 Å². The quantitative estimate of drug-likeness (QED) is 0.830. The van der Waals surface area contributed by atoms with Crippen molar-refractivity contribution in [3.63, 3.8) is 0 Å². The predicted octanol–water partition coefficient (Wildman–Crippen LogP) is 2.10. The Hall–Kier alpha value is -1.92. The SMILES string of the molecule is COc1ccc(N)c(C(=O)NC2(C(F)(F)F)CC2)c1. The molecule has 19 heavy (non-hydrogen) atoms. The zero-order chi connectivity index (χ0) is 14.3. The van der Waals surface area contributed by atoms with E-state index in [1.807, 2.05) is 5.32 Å². The Bertz CT molecular complexity index is 510. The Morgan fingerprint density at radius 2 is 2.05 bits per heavy atom. The van der Waals surface area contributed by atoms with E-state index in [1.165, 1.54) is 25.3 Å². The number of benzene rings is 1. The maximum absolute atomic E-state index is 12.7. The molecule has 104 valence electrons. The lowest BCUT2D eigenvalue weighted by molar-refractivity contribution is -0.163. The maximum Gasteiger partial charge on any atom is 0.411 e. The summed E-state index contributed by atoms with van der Waals surface area (Å²) in [5.74, 6) is -0.484. The van der Waals surface area contributed by atoms with Crippen molar-refractivity contribution >= 4 is 11.6 Å². The summed E-state index contributed by atoms with van der Waals surface area (Å²) in [5, 5.41) is 2.02. The third-order valence-electron chi connectivity index (χ3n) is 3.15. The summed E-state index contributed by atoms with van der Waals surface area (Å²) in [6.45, 7) is 0. The van der Waals surface area contributed by atoms with Crippen LogP contribution in [0.3, 0.4) is 0 Å². The highest BCUT2D eigenvalue weighted by molar-refractivity contribution is 6.00. The van der Waals surface area contributed by atoms with Gasteiger partial charge in [-0.1, -0.05) is 0 Å². The summed E-state index contributed by atoms with van der Waals surface area (Å²) in [5.41, 5.74) is 3.59. The van der Waals surface area contributed by atoms with Gasteiger partial charge in [0.1, 0.15) is 11.3 Å². The Kier molecular flexibility index (Phi) is 3.07. The van der Waals surface area contributed by atoms with Gasteiger partial charge in [-0.3, -0.25) is 4.79 Å². The Morgan fingerprint density at radius 1 is 1.42 bits per heavy atom. The third kappa shape index (κ3) is 2.45. The second kappa shape index (κ2) is 4.32. The summed E-state index contributed by atoms with van der Waals surface area (Å²) in [6, 6.07) is 4.26. The standard InChI is InChI=1S/C12H13F3N2O2/c1-19-7-2-3-9(16)8(6-7)10(18)17-11(4-5-11)12(13,14)15/h2-3,6H,4-5,16H2,1H3,(H,17,18). The summed E-state index contributed by atoms with van der Waals surface area (Å²) in [4.78, 5) is 11.9. The van der Waals surface area contributed by atoms with Crippen molar-refractivity contribution in [3.8, 4) is 5.75 Å². The molecule has 0 atom stereocenters. The number of carbonyl (C=O) groups excluding carboxylic acids is 1. The zero-order valence-corrected chi connectivity index (χ0v) is 10.2. The Morgan fingerprint density at radius 3 is 2.53 bits per heavy atom. The minimum atomic E-state index is -4.45. The lowest BCUT2D eigenvalue weighted by atomic mass is 10.1. The third-order valence-corrected chi connectivity index (χ3v) is 3.15. The van der Waals surface area contributed by atoms with Crippen LogP contribution in [0.15, 0.2) is 18.2 Å². The molecule has 1 aliphatic carbocycles. The van der Waals surface area contributed by atoms with Crippen molar-refractivity contribution in [3.05, 3.63) is 23.8 Å². The van der Waals surface area contributed by atoms with Crippen LogP contribution in [-0.2, 0) is 0 Å². The molecule has 3 N–H and O–H groups in total. The summed E-state index contributed by atoms with van der Waals surface area (Å²) < 4.78 is 43.2. The van der Waals surface area contributed by atoms with E-state index in [0.717, 1.165) is 0 Å². The van der Waals surface area contributed by atoms with Gasteiger partial charge in [-0.2, -0.15) is 13.2 Å². The maximum atomic E-state index is 12.7. The lowest BCUT2D eigenvalue weighted by Gasteiger charge is -2.21. The molecular weight excluding hydrogens is 261 g/mol. The largest absolute Gasteiger partial charge is 0.497 e. The van der Waals surface area contributed by atoms with Crippen molar-refractivity contribution < 1.29 is 22.7 Å². The van der Waals surface area contributed by atoms with Crippen molar-refractivity contribution in [2.24, 2.45) is 0 Å². The van der Waals surface area contributed by atoms with E-state index in [1.54, 1.807) is 0 Å². The van der Waals surface area contributed by atoms with E-state index >= 15 is 0 Å². The van der Waals surface area contributed by atoms with Gasteiger partial charge in [0, 0.05) is 5.69 Å². The molecule has 0 unspecified atom stereocenters. The first-order valence-electron chi connectivity index (χ1n) is 5.62. The number of alkyl halides is 3. The molecule has 1 saturated carbocycles. The van der Waals surface area contributed by atoms with Crippen molar-refractivity contribution in [1.82, 2.24) is 5.32 Å². The number of ether oxygens (including phenoxy) is 1. The smallest absolute Gasteiger partial charge is 0.411 e. The number of hydrogen-bond donors (Lipinski definition) is 2. The summed E-state index contributed by atoms with van der Waals surface area (Å²) in [7, 11) is 1.39. The van der Waals surface area contributed by atoms with Crippen LogP contribution in [-0.4, -0.2) is 24.7 Å². The van der Waals surface area contributed by atoms with Crippen LogP contribution in [0, 0.1) is 0 Å². The number of anilines is 1. The summed E-state index contributed by atoms with van der Waals surface area (Å²) in [6.07, 6.45) is -4.66. The highest BCUT2D eigenvalue weighted by Crippen LogP contribution is 2.49. The van der Waals surface area contributed by atoms with Crippen LogP contribution in [0.1, 0.15) is 23.2 Å². The topological polar surface area (TPSA) is 64.3 Å². The highest BCUT2D eigenvalue weighted by Gasteiger charge is 2.64. The average molecular weight is 274 g/mol. The molecule has 0 bridgehead atoms. The fourth-order valence-corrected chi connectivity index (χ4v) is 1.75. The number of nitrogens with two attached hydrogens (primary N) is 1. The van der Waals surface area contributed by atoms with Gasteiger partial charge in [-0.25, -0.2) is 0 Å². The molecule has 7 heteroatoms.